The molecule has 0 rings (SSSR count). The monoisotopic (exact) mass is 465 g/mol. The standard InChI is InChI=1S/C23H36O.2C3H8.CH5N.H2O/c1-10-17(3)12-13-18(4)19(5)14-15-20(6)22(8)23(11-2)16-21(7)24-9;2*1-3-2;1-2;/h14-18H,5-8,10-13H2,1-4,9H3;2*3H2,1-2H3;2H2,1H3;1H2/b15-14-,23-16-;;;;. The van der Waals surface area contributed by atoms with Crippen LogP contribution in [0.15, 0.2) is 72.6 Å². The SMILES string of the molecule is C=C(/C=C(/CC)C(=C)C(=C)/C=C\C(=C)C(C)CCC(C)CC)OC.CCC.CCC.CN.O. The molecule has 0 amide bonds. The van der Waals surface area contributed by atoms with Gasteiger partial charge in [0.25, 0.3) is 0 Å². The van der Waals surface area contributed by atoms with Gasteiger partial charge in [-0.25, -0.2) is 0 Å². The van der Waals surface area contributed by atoms with Gasteiger partial charge >= 0.3 is 0 Å². The van der Waals surface area contributed by atoms with E-state index in [9.17, 15) is 0 Å². The minimum atomic E-state index is 0. The minimum absolute atomic E-state index is 0. The van der Waals surface area contributed by atoms with E-state index in [-0.39, 0.29) is 5.48 Å². The second-order valence-corrected chi connectivity index (χ2v) is 8.01. The first-order chi connectivity index (χ1) is 15.1. The fourth-order valence-electron chi connectivity index (χ4n) is 2.26. The molecular weight excluding hydrogens is 406 g/mol. The van der Waals surface area contributed by atoms with Crippen molar-refractivity contribution in [3.05, 3.63) is 72.6 Å². The maximum Gasteiger partial charge on any atom is 0.111 e. The molecule has 0 spiro atoms. The van der Waals surface area contributed by atoms with Gasteiger partial charge < -0.3 is 15.9 Å². The molecular formula is C30H59NO2. The van der Waals surface area contributed by atoms with Crippen LogP contribution in [-0.2, 0) is 4.74 Å². The van der Waals surface area contributed by atoms with Crippen LogP contribution in [0.3, 0.4) is 0 Å². The highest BCUT2D eigenvalue weighted by molar-refractivity contribution is 5.50. The summed E-state index contributed by atoms with van der Waals surface area (Å²) in [6.45, 7) is 33.7. The number of allylic oxidation sites excluding steroid dienone is 7. The quantitative estimate of drug-likeness (QED) is 0.231. The highest BCUT2D eigenvalue weighted by Gasteiger charge is 2.08. The van der Waals surface area contributed by atoms with Crippen LogP contribution in [0.25, 0.3) is 0 Å². The van der Waals surface area contributed by atoms with Gasteiger partial charge in [-0.15, -0.1) is 0 Å². The van der Waals surface area contributed by atoms with Gasteiger partial charge in [-0.1, -0.05) is 125 Å². The molecule has 2 unspecified atom stereocenters. The first kappa shape index (κ1) is 41.4. The van der Waals surface area contributed by atoms with Crippen molar-refractivity contribution < 1.29 is 10.2 Å². The van der Waals surface area contributed by atoms with E-state index in [4.69, 9.17) is 4.74 Å². The van der Waals surface area contributed by atoms with Crippen molar-refractivity contribution >= 4 is 0 Å². The Labute approximate surface area is 208 Å². The Bertz CT molecular complexity index is 554. The van der Waals surface area contributed by atoms with Crippen molar-refractivity contribution in [2.45, 2.75) is 93.9 Å². The molecule has 0 saturated carbocycles. The van der Waals surface area contributed by atoms with Crippen LogP contribution in [0.5, 0.6) is 0 Å². The summed E-state index contributed by atoms with van der Waals surface area (Å²) in [4.78, 5) is 0. The fraction of sp³-hybridized carbons (Fsp3) is 0.600. The third kappa shape index (κ3) is 26.3. The average molecular weight is 466 g/mol. The van der Waals surface area contributed by atoms with Gasteiger partial charge in [0, 0.05) is 0 Å². The summed E-state index contributed by atoms with van der Waals surface area (Å²) in [7, 11) is 3.12. The van der Waals surface area contributed by atoms with Gasteiger partial charge in [-0.2, -0.15) is 0 Å². The summed E-state index contributed by atoms with van der Waals surface area (Å²) in [6, 6.07) is 0. The van der Waals surface area contributed by atoms with Crippen LogP contribution in [-0.4, -0.2) is 19.6 Å². The number of hydrogen-bond donors (Lipinski definition) is 1. The Morgan fingerprint density at radius 1 is 0.848 bits per heavy atom. The smallest absolute Gasteiger partial charge is 0.111 e. The second kappa shape index (κ2) is 30.2. The largest absolute Gasteiger partial charge is 0.497 e. The third-order valence-electron chi connectivity index (χ3n) is 4.67. The van der Waals surface area contributed by atoms with Gasteiger partial charge in [-0.3, -0.25) is 0 Å². The molecule has 4 N–H and O–H groups in total. The first-order valence-corrected chi connectivity index (χ1v) is 12.4. The van der Waals surface area contributed by atoms with Crippen molar-refractivity contribution in [2.24, 2.45) is 17.6 Å². The lowest BCUT2D eigenvalue weighted by Gasteiger charge is -2.15. The fourth-order valence-corrected chi connectivity index (χ4v) is 2.26. The van der Waals surface area contributed by atoms with Crippen molar-refractivity contribution in [1.82, 2.24) is 0 Å². The number of ether oxygens (including phenoxy) is 1. The van der Waals surface area contributed by atoms with Crippen molar-refractivity contribution in [2.75, 3.05) is 14.2 Å². The van der Waals surface area contributed by atoms with Crippen LogP contribution < -0.4 is 5.73 Å². The van der Waals surface area contributed by atoms with Crippen molar-refractivity contribution in [3.8, 4) is 0 Å². The molecule has 3 nitrogen and oxygen atoms in total. The molecule has 0 bridgehead atoms. The first-order valence-electron chi connectivity index (χ1n) is 12.4. The summed E-state index contributed by atoms with van der Waals surface area (Å²) in [5.41, 5.74) is 8.57. The molecule has 0 aromatic rings. The number of methoxy groups -OCH3 is 1. The predicted octanol–water partition coefficient (Wildman–Crippen LogP) is 8.75. The summed E-state index contributed by atoms with van der Waals surface area (Å²) in [5, 5.41) is 0. The van der Waals surface area contributed by atoms with E-state index < -0.39 is 0 Å². The molecule has 0 radical (unpaired) electrons. The highest BCUT2D eigenvalue weighted by Crippen LogP contribution is 2.24. The Balaban J connectivity index is -0.000000254. The lowest BCUT2D eigenvalue weighted by Crippen LogP contribution is -2.01. The van der Waals surface area contributed by atoms with Gasteiger partial charge in [0.15, 0.2) is 0 Å². The summed E-state index contributed by atoms with van der Waals surface area (Å²) in [5.74, 6) is 1.91. The molecule has 0 heterocycles. The molecule has 0 aromatic heterocycles. The van der Waals surface area contributed by atoms with Gasteiger partial charge in [0.2, 0.25) is 0 Å². The normalized spacial score (nSPS) is 11.7. The van der Waals surface area contributed by atoms with E-state index in [2.05, 4.69) is 93.5 Å². The molecule has 33 heavy (non-hydrogen) atoms. The number of nitrogens with two attached hydrogens (primary N) is 1. The minimum Gasteiger partial charge on any atom is -0.497 e. The summed E-state index contributed by atoms with van der Waals surface area (Å²) < 4.78 is 5.12. The van der Waals surface area contributed by atoms with Crippen LogP contribution in [0.4, 0.5) is 0 Å². The van der Waals surface area contributed by atoms with Gasteiger partial charge in [0.1, 0.15) is 5.76 Å². The average Bonchev–Trinajstić information content (AvgIpc) is 2.80. The molecule has 2 atom stereocenters. The molecule has 3 heteroatoms. The Morgan fingerprint density at radius 2 is 1.30 bits per heavy atom. The van der Waals surface area contributed by atoms with Crippen LogP contribution in [0.1, 0.15) is 93.9 Å². The zero-order valence-electron chi connectivity index (χ0n) is 23.9. The number of hydrogen-bond acceptors (Lipinski definition) is 2. The summed E-state index contributed by atoms with van der Waals surface area (Å²) >= 11 is 0. The lowest BCUT2D eigenvalue weighted by atomic mass is 9.91. The molecule has 196 valence electrons. The Hall–Kier alpha value is -1.84. The molecule has 0 fully saturated rings. The second-order valence-electron chi connectivity index (χ2n) is 8.01. The van der Waals surface area contributed by atoms with E-state index in [1.807, 2.05) is 12.2 Å². The lowest BCUT2D eigenvalue weighted by molar-refractivity contribution is 0.308. The highest BCUT2D eigenvalue weighted by atomic mass is 16.5. The third-order valence-corrected chi connectivity index (χ3v) is 4.67. The van der Waals surface area contributed by atoms with Crippen molar-refractivity contribution in [1.29, 1.82) is 0 Å². The van der Waals surface area contributed by atoms with Gasteiger partial charge in [-0.05, 0) is 54.5 Å². The Morgan fingerprint density at radius 3 is 1.67 bits per heavy atom. The molecule has 0 aromatic carbocycles. The van der Waals surface area contributed by atoms with E-state index in [0.717, 1.165) is 34.6 Å². The molecule has 0 aliphatic carbocycles. The topological polar surface area (TPSA) is 66.8 Å². The Kier molecular flexibility index (Phi) is 37.9. The van der Waals surface area contributed by atoms with E-state index in [1.54, 1.807) is 7.11 Å². The number of rotatable bonds is 12. The van der Waals surface area contributed by atoms with Crippen LogP contribution >= 0.6 is 0 Å². The molecule has 0 saturated heterocycles. The maximum atomic E-state index is 5.12. The van der Waals surface area contributed by atoms with Gasteiger partial charge in [0.05, 0.1) is 7.11 Å². The van der Waals surface area contributed by atoms with Crippen molar-refractivity contribution in [3.63, 3.8) is 0 Å². The van der Waals surface area contributed by atoms with Crippen LogP contribution in [0, 0.1) is 11.8 Å². The predicted molar refractivity (Wildman–Crippen MR) is 155 cm³/mol. The van der Waals surface area contributed by atoms with E-state index >= 15 is 0 Å². The van der Waals surface area contributed by atoms with Crippen LogP contribution in [0.2, 0.25) is 0 Å². The molecule has 0 aliphatic heterocycles. The zero-order chi connectivity index (χ0) is 26.1. The molecule has 0 aliphatic rings. The van der Waals surface area contributed by atoms with E-state index in [1.165, 1.54) is 39.2 Å². The maximum absolute atomic E-state index is 5.12. The van der Waals surface area contributed by atoms with E-state index in [0.29, 0.717) is 11.7 Å². The summed E-state index contributed by atoms with van der Waals surface area (Å²) in [6.07, 6.45) is 13.0. The zero-order valence-corrected chi connectivity index (χ0v) is 23.9.